The minimum absolute atomic E-state index is 0.0751. The molecular weight excluding hydrogens is 266 g/mol. The maximum atomic E-state index is 12.2. The molecule has 0 aliphatic carbocycles. The zero-order chi connectivity index (χ0) is 14.0. The third-order valence-corrected chi connectivity index (χ3v) is 5.26. The van der Waals surface area contributed by atoms with Gasteiger partial charge < -0.3 is 5.11 Å². The van der Waals surface area contributed by atoms with Crippen molar-refractivity contribution in [2.24, 2.45) is 11.8 Å². The fourth-order valence-electron chi connectivity index (χ4n) is 2.35. The summed E-state index contributed by atoms with van der Waals surface area (Å²) in [6.07, 6.45) is 0. The standard InChI is InChI=1S/C13H17NO4S/c1-10-7-14(8-12(10)13(15)16)19(17,18)9-11-5-3-2-4-6-11/h2-6,10,12H,7-9H2,1H3,(H,15,16)/t10-,12-/m1/s1. The molecule has 1 aliphatic heterocycles. The van der Waals surface area contributed by atoms with Crippen LogP contribution in [0.3, 0.4) is 0 Å². The van der Waals surface area contributed by atoms with Gasteiger partial charge in [-0.2, -0.15) is 0 Å². The molecule has 104 valence electrons. The van der Waals surface area contributed by atoms with Gasteiger partial charge in [0.05, 0.1) is 11.7 Å². The SMILES string of the molecule is C[C@@H]1CN(S(=O)(=O)Cc2ccccc2)C[C@H]1C(=O)O. The van der Waals surface area contributed by atoms with Crippen molar-refractivity contribution >= 4 is 16.0 Å². The lowest BCUT2D eigenvalue weighted by Crippen LogP contribution is -2.31. The average molecular weight is 283 g/mol. The number of aliphatic carboxylic acids is 1. The van der Waals surface area contributed by atoms with Crippen molar-refractivity contribution in [3.63, 3.8) is 0 Å². The van der Waals surface area contributed by atoms with E-state index in [1.807, 2.05) is 6.07 Å². The van der Waals surface area contributed by atoms with Gasteiger partial charge in [-0.15, -0.1) is 0 Å². The van der Waals surface area contributed by atoms with Crippen molar-refractivity contribution in [2.75, 3.05) is 13.1 Å². The van der Waals surface area contributed by atoms with Gasteiger partial charge in [-0.05, 0) is 11.5 Å². The van der Waals surface area contributed by atoms with E-state index in [0.29, 0.717) is 5.56 Å². The number of carbonyl (C=O) groups is 1. The van der Waals surface area contributed by atoms with Crippen molar-refractivity contribution in [2.45, 2.75) is 12.7 Å². The molecule has 0 aromatic heterocycles. The Kier molecular flexibility index (Phi) is 3.91. The normalized spacial score (nSPS) is 24.5. The first kappa shape index (κ1) is 14.0. The lowest BCUT2D eigenvalue weighted by Gasteiger charge is -2.15. The van der Waals surface area contributed by atoms with E-state index in [1.165, 1.54) is 4.31 Å². The largest absolute Gasteiger partial charge is 0.481 e. The van der Waals surface area contributed by atoms with Gasteiger partial charge in [0.25, 0.3) is 0 Å². The van der Waals surface area contributed by atoms with Gasteiger partial charge in [0, 0.05) is 13.1 Å². The minimum atomic E-state index is -3.44. The van der Waals surface area contributed by atoms with E-state index >= 15 is 0 Å². The average Bonchev–Trinajstić information content (AvgIpc) is 2.73. The summed E-state index contributed by atoms with van der Waals surface area (Å²) in [5.74, 6) is -1.76. The topological polar surface area (TPSA) is 74.7 Å². The third kappa shape index (κ3) is 3.13. The second kappa shape index (κ2) is 5.30. The molecule has 6 heteroatoms. The molecule has 0 amide bonds. The van der Waals surface area contributed by atoms with Gasteiger partial charge in [0.1, 0.15) is 0 Å². The fourth-order valence-corrected chi connectivity index (χ4v) is 3.99. The Bertz CT molecular complexity index is 555. The van der Waals surface area contributed by atoms with Crippen LogP contribution in [0.5, 0.6) is 0 Å². The van der Waals surface area contributed by atoms with E-state index in [-0.39, 0.29) is 24.8 Å². The Morgan fingerprint density at radius 3 is 2.47 bits per heavy atom. The fraction of sp³-hybridized carbons (Fsp3) is 0.462. The van der Waals surface area contributed by atoms with Crippen LogP contribution in [-0.2, 0) is 20.6 Å². The summed E-state index contributed by atoms with van der Waals surface area (Å²) in [5.41, 5.74) is 0.717. The van der Waals surface area contributed by atoms with E-state index in [9.17, 15) is 13.2 Å². The molecule has 1 aliphatic rings. The van der Waals surface area contributed by atoms with Gasteiger partial charge in [-0.1, -0.05) is 37.3 Å². The number of benzene rings is 1. The summed E-state index contributed by atoms with van der Waals surface area (Å²) < 4.78 is 25.8. The van der Waals surface area contributed by atoms with Crippen molar-refractivity contribution < 1.29 is 18.3 Å². The van der Waals surface area contributed by atoms with Gasteiger partial charge >= 0.3 is 5.97 Å². The summed E-state index contributed by atoms with van der Waals surface area (Å²) in [6, 6.07) is 8.92. The van der Waals surface area contributed by atoms with Crippen LogP contribution in [0.4, 0.5) is 0 Å². The number of rotatable bonds is 4. The summed E-state index contributed by atoms with van der Waals surface area (Å²) in [6.45, 7) is 2.13. The van der Waals surface area contributed by atoms with E-state index in [2.05, 4.69) is 0 Å². The smallest absolute Gasteiger partial charge is 0.308 e. The number of carboxylic acid groups (broad SMARTS) is 1. The van der Waals surface area contributed by atoms with E-state index in [1.54, 1.807) is 31.2 Å². The monoisotopic (exact) mass is 283 g/mol. The van der Waals surface area contributed by atoms with Crippen molar-refractivity contribution in [3.8, 4) is 0 Å². The van der Waals surface area contributed by atoms with Gasteiger partial charge in [0.2, 0.25) is 10.0 Å². The molecule has 1 saturated heterocycles. The Morgan fingerprint density at radius 1 is 1.32 bits per heavy atom. The first-order chi connectivity index (χ1) is 8.90. The van der Waals surface area contributed by atoms with E-state index in [0.717, 1.165) is 0 Å². The number of sulfonamides is 1. The second-order valence-electron chi connectivity index (χ2n) is 4.98. The van der Waals surface area contributed by atoms with Crippen LogP contribution in [-0.4, -0.2) is 36.9 Å². The molecule has 1 aromatic rings. The molecule has 0 saturated carbocycles. The number of carboxylic acids is 1. The number of nitrogens with zero attached hydrogens (tertiary/aromatic N) is 1. The highest BCUT2D eigenvalue weighted by molar-refractivity contribution is 7.88. The molecule has 2 rings (SSSR count). The van der Waals surface area contributed by atoms with Gasteiger partial charge in [-0.25, -0.2) is 12.7 Å². The first-order valence-electron chi connectivity index (χ1n) is 6.14. The van der Waals surface area contributed by atoms with Crippen LogP contribution in [0.15, 0.2) is 30.3 Å². The summed E-state index contributed by atoms with van der Waals surface area (Å²) in [4.78, 5) is 11.0. The van der Waals surface area contributed by atoms with Crippen molar-refractivity contribution in [1.29, 1.82) is 0 Å². The lowest BCUT2D eigenvalue weighted by molar-refractivity contribution is -0.142. The zero-order valence-corrected chi connectivity index (χ0v) is 11.5. The Hall–Kier alpha value is -1.40. The third-order valence-electron chi connectivity index (χ3n) is 3.48. The minimum Gasteiger partial charge on any atom is -0.481 e. The molecule has 0 unspecified atom stereocenters. The highest BCUT2D eigenvalue weighted by atomic mass is 32.2. The zero-order valence-electron chi connectivity index (χ0n) is 10.7. The Morgan fingerprint density at radius 2 is 1.95 bits per heavy atom. The van der Waals surface area contributed by atoms with Crippen molar-refractivity contribution in [3.05, 3.63) is 35.9 Å². The highest BCUT2D eigenvalue weighted by Crippen LogP contribution is 2.26. The van der Waals surface area contributed by atoms with Gasteiger partial charge in [-0.3, -0.25) is 4.79 Å². The summed E-state index contributed by atoms with van der Waals surface area (Å²) in [5, 5.41) is 9.04. The van der Waals surface area contributed by atoms with Crippen LogP contribution in [0.25, 0.3) is 0 Å². The first-order valence-corrected chi connectivity index (χ1v) is 7.75. The molecule has 1 heterocycles. The second-order valence-corrected chi connectivity index (χ2v) is 6.95. The van der Waals surface area contributed by atoms with Crippen LogP contribution >= 0.6 is 0 Å². The summed E-state index contributed by atoms with van der Waals surface area (Å²) in [7, 11) is -3.44. The Balaban J connectivity index is 2.12. The predicted octanol–water partition coefficient (Wildman–Crippen LogP) is 1.17. The highest BCUT2D eigenvalue weighted by Gasteiger charge is 2.39. The molecule has 1 fully saturated rings. The Labute approximate surface area is 112 Å². The molecule has 0 bridgehead atoms. The van der Waals surface area contributed by atoms with Crippen LogP contribution < -0.4 is 0 Å². The molecule has 1 N–H and O–H groups in total. The predicted molar refractivity (Wildman–Crippen MR) is 70.9 cm³/mol. The maximum Gasteiger partial charge on any atom is 0.308 e. The molecular formula is C13H17NO4S. The number of hydrogen-bond donors (Lipinski definition) is 1. The molecule has 19 heavy (non-hydrogen) atoms. The summed E-state index contributed by atoms with van der Waals surface area (Å²) >= 11 is 0. The van der Waals surface area contributed by atoms with Crippen molar-refractivity contribution in [1.82, 2.24) is 4.31 Å². The molecule has 1 aromatic carbocycles. The van der Waals surface area contributed by atoms with E-state index in [4.69, 9.17) is 5.11 Å². The van der Waals surface area contributed by atoms with Crippen LogP contribution in [0, 0.1) is 11.8 Å². The molecule has 2 atom stereocenters. The van der Waals surface area contributed by atoms with Crippen LogP contribution in [0.2, 0.25) is 0 Å². The molecule has 0 spiro atoms. The quantitative estimate of drug-likeness (QED) is 0.900. The van der Waals surface area contributed by atoms with Gasteiger partial charge in [0.15, 0.2) is 0 Å². The maximum absolute atomic E-state index is 12.2. The van der Waals surface area contributed by atoms with E-state index < -0.39 is 21.9 Å². The lowest BCUT2D eigenvalue weighted by atomic mass is 9.99. The number of hydrogen-bond acceptors (Lipinski definition) is 3. The van der Waals surface area contributed by atoms with Crippen LogP contribution in [0.1, 0.15) is 12.5 Å². The molecule has 5 nitrogen and oxygen atoms in total. The molecule has 0 radical (unpaired) electrons.